The van der Waals surface area contributed by atoms with Crippen LogP contribution in [0.3, 0.4) is 0 Å². The molecular formula is C13H21N3O2. The number of aliphatic hydroxyl groups is 1. The molecule has 0 saturated carbocycles. The topological polar surface area (TPSA) is 79.5 Å². The number of pyridine rings is 1. The summed E-state index contributed by atoms with van der Waals surface area (Å²) in [5.41, 5.74) is 6.47. The highest BCUT2D eigenvalue weighted by atomic mass is 16.3. The molecule has 5 nitrogen and oxygen atoms in total. The van der Waals surface area contributed by atoms with Crippen molar-refractivity contribution >= 4 is 11.6 Å². The number of aryl methyl sites for hydroxylation is 1. The maximum atomic E-state index is 12.3. The van der Waals surface area contributed by atoms with Gasteiger partial charge in [0, 0.05) is 30.7 Å². The third-order valence-corrected chi connectivity index (χ3v) is 2.55. The minimum absolute atomic E-state index is 0.204. The summed E-state index contributed by atoms with van der Waals surface area (Å²) in [7, 11) is 0. The predicted molar refractivity (Wildman–Crippen MR) is 71.3 cm³/mol. The molecule has 0 aliphatic rings. The second kappa shape index (κ2) is 5.35. The lowest BCUT2D eigenvalue weighted by molar-refractivity contribution is 0.0315. The zero-order valence-electron chi connectivity index (χ0n) is 11.4. The summed E-state index contributed by atoms with van der Waals surface area (Å²) < 4.78 is 0. The first-order chi connectivity index (χ1) is 8.24. The Balaban J connectivity index is 2.97. The van der Waals surface area contributed by atoms with Gasteiger partial charge in [-0.25, -0.2) is 0 Å². The Morgan fingerprint density at radius 2 is 2.17 bits per heavy atom. The smallest absolute Gasteiger partial charge is 0.257 e. The third kappa shape index (κ3) is 3.70. The van der Waals surface area contributed by atoms with Crippen LogP contribution in [0.5, 0.6) is 0 Å². The summed E-state index contributed by atoms with van der Waals surface area (Å²) in [5.74, 6) is -0.204. The van der Waals surface area contributed by atoms with Gasteiger partial charge in [-0.1, -0.05) is 0 Å². The van der Waals surface area contributed by atoms with E-state index in [1.807, 2.05) is 13.8 Å². The van der Waals surface area contributed by atoms with Crippen molar-refractivity contribution in [3.63, 3.8) is 0 Å². The van der Waals surface area contributed by atoms with Crippen LogP contribution < -0.4 is 5.73 Å². The van der Waals surface area contributed by atoms with Crippen molar-refractivity contribution in [3.8, 4) is 0 Å². The van der Waals surface area contributed by atoms with Gasteiger partial charge in [-0.15, -0.1) is 0 Å². The monoisotopic (exact) mass is 251 g/mol. The molecule has 1 aromatic heterocycles. The summed E-state index contributed by atoms with van der Waals surface area (Å²) in [6.45, 7) is 7.78. The van der Waals surface area contributed by atoms with E-state index in [1.165, 1.54) is 6.20 Å². The van der Waals surface area contributed by atoms with Crippen LogP contribution in [0.4, 0.5) is 5.69 Å². The molecular weight excluding hydrogens is 230 g/mol. The highest BCUT2D eigenvalue weighted by Crippen LogP contribution is 2.16. The fraction of sp³-hybridized carbons (Fsp3) is 0.538. The van der Waals surface area contributed by atoms with E-state index >= 15 is 0 Å². The number of amides is 1. The average Bonchev–Trinajstić information content (AvgIpc) is 2.24. The number of nitrogens with two attached hydrogens (primary N) is 1. The van der Waals surface area contributed by atoms with Gasteiger partial charge >= 0.3 is 0 Å². The number of carbonyl (C=O) groups excluding carboxylic acids is 1. The molecule has 0 aromatic carbocycles. The van der Waals surface area contributed by atoms with E-state index in [0.717, 1.165) is 5.69 Å². The molecule has 0 aliphatic heterocycles. The number of hydrogen-bond donors (Lipinski definition) is 2. The Morgan fingerprint density at radius 1 is 1.56 bits per heavy atom. The molecule has 18 heavy (non-hydrogen) atoms. The Hall–Kier alpha value is -1.62. The van der Waals surface area contributed by atoms with Gasteiger partial charge in [0.1, 0.15) is 0 Å². The number of rotatable bonds is 4. The van der Waals surface area contributed by atoms with Crippen molar-refractivity contribution in [3.05, 3.63) is 23.5 Å². The van der Waals surface area contributed by atoms with Crippen LogP contribution >= 0.6 is 0 Å². The second-order valence-electron chi connectivity index (χ2n) is 5.04. The minimum Gasteiger partial charge on any atom is -0.398 e. The summed E-state index contributed by atoms with van der Waals surface area (Å²) in [4.78, 5) is 17.9. The summed E-state index contributed by atoms with van der Waals surface area (Å²) >= 11 is 0. The number of carbonyl (C=O) groups is 1. The zero-order chi connectivity index (χ0) is 13.9. The van der Waals surface area contributed by atoms with Crippen molar-refractivity contribution < 1.29 is 9.90 Å². The molecule has 0 bridgehead atoms. The number of aromatic nitrogens is 1. The summed E-state index contributed by atoms with van der Waals surface area (Å²) in [6, 6.07) is 1.67. The average molecular weight is 251 g/mol. The standard InChI is InChI=1S/C13H21N3O2/c1-5-16(8-13(3,4)18)12(17)10-7-15-9(2)6-11(10)14/h6-7,18H,5,8H2,1-4H3,(H2,14,15). The molecule has 1 aromatic rings. The Bertz CT molecular complexity index is 438. The van der Waals surface area contributed by atoms with Gasteiger partial charge in [-0.05, 0) is 33.8 Å². The van der Waals surface area contributed by atoms with Gasteiger partial charge in [0.15, 0.2) is 0 Å². The lowest BCUT2D eigenvalue weighted by Gasteiger charge is -2.28. The fourth-order valence-electron chi connectivity index (χ4n) is 1.72. The largest absolute Gasteiger partial charge is 0.398 e. The molecule has 1 rings (SSSR count). The van der Waals surface area contributed by atoms with E-state index in [1.54, 1.807) is 24.8 Å². The molecule has 5 heteroatoms. The molecule has 0 fully saturated rings. The minimum atomic E-state index is -0.932. The molecule has 1 amide bonds. The summed E-state index contributed by atoms with van der Waals surface area (Å²) in [5, 5.41) is 9.79. The van der Waals surface area contributed by atoms with Crippen molar-refractivity contribution in [1.82, 2.24) is 9.88 Å². The number of hydrogen-bond acceptors (Lipinski definition) is 4. The van der Waals surface area contributed by atoms with Crippen molar-refractivity contribution in [2.24, 2.45) is 0 Å². The first kappa shape index (κ1) is 14.4. The molecule has 0 atom stereocenters. The van der Waals surface area contributed by atoms with Crippen molar-refractivity contribution in [2.45, 2.75) is 33.3 Å². The van der Waals surface area contributed by atoms with Gasteiger partial charge < -0.3 is 15.7 Å². The maximum Gasteiger partial charge on any atom is 0.257 e. The third-order valence-electron chi connectivity index (χ3n) is 2.55. The van der Waals surface area contributed by atoms with Gasteiger partial charge in [0.2, 0.25) is 0 Å². The van der Waals surface area contributed by atoms with E-state index in [2.05, 4.69) is 4.98 Å². The highest BCUT2D eigenvalue weighted by Gasteiger charge is 2.23. The molecule has 0 aliphatic carbocycles. The number of likely N-dealkylation sites (N-methyl/N-ethyl adjacent to an activating group) is 1. The van der Waals surface area contributed by atoms with E-state index in [0.29, 0.717) is 17.8 Å². The first-order valence-corrected chi connectivity index (χ1v) is 5.98. The van der Waals surface area contributed by atoms with Gasteiger partial charge in [-0.3, -0.25) is 9.78 Å². The Kier molecular flexibility index (Phi) is 4.29. The lowest BCUT2D eigenvalue weighted by Crippen LogP contribution is -2.42. The van der Waals surface area contributed by atoms with Gasteiger partial charge in [0.05, 0.1) is 11.2 Å². The van der Waals surface area contributed by atoms with Crippen molar-refractivity contribution in [1.29, 1.82) is 0 Å². The normalized spacial score (nSPS) is 11.4. The number of nitrogen functional groups attached to an aromatic ring is 1. The molecule has 0 spiro atoms. The van der Waals surface area contributed by atoms with E-state index in [-0.39, 0.29) is 12.5 Å². The summed E-state index contributed by atoms with van der Waals surface area (Å²) in [6.07, 6.45) is 1.49. The molecule has 0 saturated heterocycles. The van der Waals surface area contributed by atoms with Gasteiger partial charge in [0.25, 0.3) is 5.91 Å². The van der Waals surface area contributed by atoms with E-state index in [4.69, 9.17) is 5.73 Å². The van der Waals surface area contributed by atoms with Crippen LogP contribution in [-0.2, 0) is 0 Å². The second-order valence-corrected chi connectivity index (χ2v) is 5.04. The molecule has 3 N–H and O–H groups in total. The van der Waals surface area contributed by atoms with E-state index < -0.39 is 5.60 Å². The quantitative estimate of drug-likeness (QED) is 0.843. The molecule has 0 radical (unpaired) electrons. The van der Waals surface area contributed by atoms with Crippen LogP contribution in [0.15, 0.2) is 12.3 Å². The molecule has 1 heterocycles. The van der Waals surface area contributed by atoms with Crippen LogP contribution in [0.2, 0.25) is 0 Å². The fourth-order valence-corrected chi connectivity index (χ4v) is 1.72. The first-order valence-electron chi connectivity index (χ1n) is 5.98. The van der Waals surface area contributed by atoms with Crippen LogP contribution in [0.1, 0.15) is 36.8 Å². The van der Waals surface area contributed by atoms with Crippen LogP contribution in [0, 0.1) is 6.92 Å². The molecule has 100 valence electrons. The van der Waals surface area contributed by atoms with Crippen molar-refractivity contribution in [2.75, 3.05) is 18.8 Å². The molecule has 0 unspecified atom stereocenters. The maximum absolute atomic E-state index is 12.3. The van der Waals surface area contributed by atoms with Crippen LogP contribution in [0.25, 0.3) is 0 Å². The highest BCUT2D eigenvalue weighted by molar-refractivity contribution is 5.98. The Morgan fingerprint density at radius 3 is 2.61 bits per heavy atom. The predicted octanol–water partition coefficient (Wildman–Crippen LogP) is 1.21. The van der Waals surface area contributed by atoms with E-state index in [9.17, 15) is 9.90 Å². The number of anilines is 1. The Labute approximate surface area is 108 Å². The van der Waals surface area contributed by atoms with Gasteiger partial charge in [-0.2, -0.15) is 0 Å². The van der Waals surface area contributed by atoms with Crippen LogP contribution in [-0.4, -0.2) is 39.6 Å². The zero-order valence-corrected chi connectivity index (χ0v) is 11.4. The SMILES string of the molecule is CCN(CC(C)(C)O)C(=O)c1cnc(C)cc1N. The number of nitrogens with zero attached hydrogens (tertiary/aromatic N) is 2. The lowest BCUT2D eigenvalue weighted by atomic mass is 10.1.